The molecule has 1 atom stereocenters. The average Bonchev–Trinajstić information content (AvgIpc) is 3.19. The van der Waals surface area contributed by atoms with Crippen molar-refractivity contribution in [3.8, 4) is 0 Å². The average molecular weight is 357 g/mol. The zero-order chi connectivity index (χ0) is 18.7. The van der Waals surface area contributed by atoms with Crippen molar-refractivity contribution < 1.29 is 9.59 Å². The van der Waals surface area contributed by atoms with Crippen LogP contribution in [-0.2, 0) is 18.4 Å². The summed E-state index contributed by atoms with van der Waals surface area (Å²) in [6, 6.07) is 2.04. The third kappa shape index (κ3) is 4.03. The van der Waals surface area contributed by atoms with Gasteiger partial charge in [0.15, 0.2) is 5.82 Å². The molecule has 140 valence electrons. The van der Waals surface area contributed by atoms with Crippen LogP contribution in [0.4, 0.5) is 0 Å². The van der Waals surface area contributed by atoms with E-state index in [0.717, 1.165) is 43.7 Å². The summed E-state index contributed by atoms with van der Waals surface area (Å²) in [5.74, 6) is 0.500. The first kappa shape index (κ1) is 18.4. The number of nitrogens with zero attached hydrogens (tertiary/aromatic N) is 5. The minimum atomic E-state index is -0.148. The molecule has 1 fully saturated rings. The van der Waals surface area contributed by atoms with E-state index in [1.807, 2.05) is 36.5 Å². The van der Waals surface area contributed by atoms with Gasteiger partial charge in [0, 0.05) is 57.1 Å². The van der Waals surface area contributed by atoms with Gasteiger partial charge in [0.05, 0.1) is 5.69 Å². The Morgan fingerprint density at radius 1 is 1.31 bits per heavy atom. The van der Waals surface area contributed by atoms with Crippen molar-refractivity contribution in [1.82, 2.24) is 24.2 Å². The number of carbonyl (C=O) groups excluding carboxylic acids is 2. The van der Waals surface area contributed by atoms with Gasteiger partial charge in [-0.1, -0.05) is 0 Å². The molecular weight excluding hydrogens is 330 g/mol. The van der Waals surface area contributed by atoms with Crippen LogP contribution in [0.25, 0.3) is 0 Å². The van der Waals surface area contributed by atoms with Crippen LogP contribution in [0.2, 0.25) is 0 Å². The number of aromatic nitrogens is 4. The highest BCUT2D eigenvalue weighted by Crippen LogP contribution is 2.21. The fraction of sp³-hybridized carbons (Fsp3) is 0.579. The van der Waals surface area contributed by atoms with Crippen LogP contribution in [-0.4, -0.2) is 49.0 Å². The quantitative estimate of drug-likeness (QED) is 0.743. The molecule has 0 aromatic carbocycles. The van der Waals surface area contributed by atoms with Crippen molar-refractivity contribution in [3.63, 3.8) is 0 Å². The summed E-state index contributed by atoms with van der Waals surface area (Å²) < 4.78 is 3.70. The van der Waals surface area contributed by atoms with E-state index in [2.05, 4.69) is 10.1 Å². The predicted octanol–water partition coefficient (Wildman–Crippen LogP) is 2.14. The summed E-state index contributed by atoms with van der Waals surface area (Å²) in [4.78, 5) is 31.2. The monoisotopic (exact) mass is 357 g/mol. The zero-order valence-electron chi connectivity index (χ0n) is 15.8. The molecule has 2 aromatic heterocycles. The first-order valence-corrected chi connectivity index (χ1v) is 9.26. The third-order valence-electron chi connectivity index (χ3n) is 5.05. The molecule has 1 saturated heterocycles. The number of ketones is 1. The lowest BCUT2D eigenvalue weighted by Crippen LogP contribution is -2.42. The molecule has 26 heavy (non-hydrogen) atoms. The molecule has 7 heteroatoms. The number of likely N-dealkylation sites (tertiary alicyclic amines) is 1. The molecule has 0 saturated carbocycles. The second kappa shape index (κ2) is 7.85. The van der Waals surface area contributed by atoms with Crippen LogP contribution < -0.4 is 0 Å². The first-order chi connectivity index (χ1) is 12.5. The topological polar surface area (TPSA) is 73.0 Å². The molecule has 0 N–H and O–H groups in total. The Bertz CT molecular complexity index is 792. The summed E-state index contributed by atoms with van der Waals surface area (Å²) in [7, 11) is 1.82. The van der Waals surface area contributed by atoms with Crippen LogP contribution in [0.1, 0.15) is 47.7 Å². The van der Waals surface area contributed by atoms with Gasteiger partial charge >= 0.3 is 0 Å². The van der Waals surface area contributed by atoms with Crippen molar-refractivity contribution in [1.29, 1.82) is 0 Å². The highest BCUT2D eigenvalue weighted by molar-refractivity contribution is 5.95. The van der Waals surface area contributed by atoms with E-state index < -0.39 is 0 Å². The minimum Gasteiger partial charge on any atom is -0.342 e. The van der Waals surface area contributed by atoms with Gasteiger partial charge in [-0.3, -0.25) is 14.3 Å². The van der Waals surface area contributed by atoms with Crippen molar-refractivity contribution >= 4 is 11.7 Å². The maximum atomic E-state index is 12.7. The molecule has 0 unspecified atom stereocenters. The zero-order valence-corrected chi connectivity index (χ0v) is 15.8. The normalized spacial score (nSPS) is 17.5. The SMILES string of the molecule is Cc1cc(C)n(CCCC(=O)N2CCC[C@H](C(=O)c3nccn3C)C2)n1. The van der Waals surface area contributed by atoms with Gasteiger partial charge < -0.3 is 9.47 Å². The molecule has 3 heterocycles. The van der Waals surface area contributed by atoms with E-state index in [0.29, 0.717) is 18.8 Å². The number of piperidine rings is 1. The Labute approximate surface area is 154 Å². The fourth-order valence-corrected chi connectivity index (χ4v) is 3.64. The first-order valence-electron chi connectivity index (χ1n) is 9.26. The van der Waals surface area contributed by atoms with Gasteiger partial charge in [-0.2, -0.15) is 5.10 Å². The molecule has 7 nitrogen and oxygen atoms in total. The summed E-state index contributed by atoms with van der Waals surface area (Å²) in [6.45, 7) is 5.99. The minimum absolute atomic E-state index is 0.0395. The lowest BCUT2D eigenvalue weighted by Gasteiger charge is -2.32. The van der Waals surface area contributed by atoms with E-state index in [4.69, 9.17) is 0 Å². The highest BCUT2D eigenvalue weighted by atomic mass is 16.2. The number of Topliss-reactive ketones (excluding diaryl/α,β-unsaturated/α-hetero) is 1. The van der Waals surface area contributed by atoms with Crippen LogP contribution in [0.15, 0.2) is 18.5 Å². The summed E-state index contributed by atoms with van der Waals surface area (Å²) in [5, 5.41) is 4.43. The number of amides is 1. The van der Waals surface area contributed by atoms with Crippen molar-refractivity contribution in [3.05, 3.63) is 35.7 Å². The van der Waals surface area contributed by atoms with Gasteiger partial charge in [-0.15, -0.1) is 0 Å². The van der Waals surface area contributed by atoms with Gasteiger partial charge in [0.1, 0.15) is 0 Å². The molecule has 1 aliphatic heterocycles. The molecule has 1 aliphatic rings. The highest BCUT2D eigenvalue weighted by Gasteiger charge is 2.30. The summed E-state index contributed by atoms with van der Waals surface area (Å²) in [5.41, 5.74) is 2.12. The van der Waals surface area contributed by atoms with Crippen molar-refractivity contribution in [2.75, 3.05) is 13.1 Å². The predicted molar refractivity (Wildman–Crippen MR) is 97.8 cm³/mol. The largest absolute Gasteiger partial charge is 0.342 e. The smallest absolute Gasteiger partial charge is 0.222 e. The van der Waals surface area contributed by atoms with Gasteiger partial charge in [-0.05, 0) is 39.2 Å². The lowest BCUT2D eigenvalue weighted by molar-refractivity contribution is -0.132. The van der Waals surface area contributed by atoms with Gasteiger partial charge in [0.2, 0.25) is 11.7 Å². The fourth-order valence-electron chi connectivity index (χ4n) is 3.64. The standard InChI is InChI=1S/C19H27N5O2/c1-14-12-15(2)24(21-14)10-5-7-17(25)23-9-4-6-16(13-23)18(26)19-20-8-11-22(19)3/h8,11-12,16H,4-7,9-10,13H2,1-3H3/t16-/m0/s1. The number of rotatable bonds is 6. The van der Waals surface area contributed by atoms with Gasteiger partial charge in [0.25, 0.3) is 0 Å². The van der Waals surface area contributed by atoms with Gasteiger partial charge in [-0.25, -0.2) is 4.98 Å². The molecule has 0 aliphatic carbocycles. The van der Waals surface area contributed by atoms with Crippen LogP contribution in [0.5, 0.6) is 0 Å². The van der Waals surface area contributed by atoms with E-state index >= 15 is 0 Å². The molecule has 2 aromatic rings. The maximum Gasteiger partial charge on any atom is 0.222 e. The molecule has 3 rings (SSSR count). The van der Waals surface area contributed by atoms with E-state index in [-0.39, 0.29) is 17.6 Å². The number of carbonyl (C=O) groups is 2. The Kier molecular flexibility index (Phi) is 5.54. The van der Waals surface area contributed by atoms with Crippen molar-refractivity contribution in [2.45, 2.75) is 46.1 Å². The third-order valence-corrected chi connectivity index (χ3v) is 5.05. The Balaban J connectivity index is 1.52. The van der Waals surface area contributed by atoms with Crippen LogP contribution in [0.3, 0.4) is 0 Å². The number of aryl methyl sites for hydroxylation is 4. The van der Waals surface area contributed by atoms with Crippen LogP contribution >= 0.6 is 0 Å². The molecule has 0 spiro atoms. The van der Waals surface area contributed by atoms with E-state index in [1.165, 1.54) is 0 Å². The second-order valence-corrected chi connectivity index (χ2v) is 7.16. The Morgan fingerprint density at radius 2 is 2.12 bits per heavy atom. The summed E-state index contributed by atoms with van der Waals surface area (Å²) in [6.07, 6.45) is 6.35. The van der Waals surface area contributed by atoms with Crippen LogP contribution in [0, 0.1) is 19.8 Å². The second-order valence-electron chi connectivity index (χ2n) is 7.16. The lowest BCUT2D eigenvalue weighted by atomic mass is 9.93. The van der Waals surface area contributed by atoms with Crippen molar-refractivity contribution in [2.24, 2.45) is 13.0 Å². The van der Waals surface area contributed by atoms with E-state index in [9.17, 15) is 9.59 Å². The summed E-state index contributed by atoms with van der Waals surface area (Å²) >= 11 is 0. The molecule has 0 bridgehead atoms. The maximum absolute atomic E-state index is 12.7. The Hall–Kier alpha value is -2.44. The molecule has 1 amide bonds. The number of hydrogen-bond acceptors (Lipinski definition) is 4. The molecular formula is C19H27N5O2. The number of imidazole rings is 1. The molecule has 0 radical (unpaired) electrons. The Morgan fingerprint density at radius 3 is 2.77 bits per heavy atom. The number of hydrogen-bond donors (Lipinski definition) is 0. The van der Waals surface area contributed by atoms with E-state index in [1.54, 1.807) is 17.0 Å².